The molecule has 3 rings (SSSR count). The van der Waals surface area contributed by atoms with Crippen LogP contribution in [0.4, 0.5) is 0 Å². The molecular weight excluding hydrogens is 368 g/mol. The smallest absolute Gasteiger partial charge is 0.361 e. The lowest BCUT2D eigenvalue weighted by atomic mass is 10.0. The van der Waals surface area contributed by atoms with E-state index in [9.17, 15) is 9.59 Å². The number of esters is 1. The Hall–Kier alpha value is -3.41. The molecule has 6 heteroatoms. The molecule has 0 aliphatic carbocycles. The topological polar surface area (TPSA) is 81.4 Å². The van der Waals surface area contributed by atoms with Crippen LogP contribution in [-0.4, -0.2) is 23.5 Å². The molecule has 3 aromatic rings. The van der Waals surface area contributed by atoms with Crippen LogP contribution in [0.5, 0.6) is 0 Å². The molecule has 0 bridgehead atoms. The van der Waals surface area contributed by atoms with Crippen LogP contribution in [0.1, 0.15) is 45.9 Å². The van der Waals surface area contributed by atoms with E-state index in [-0.39, 0.29) is 24.2 Å². The lowest BCUT2D eigenvalue weighted by Crippen LogP contribution is -2.31. The highest BCUT2D eigenvalue weighted by Crippen LogP contribution is 2.22. The summed E-state index contributed by atoms with van der Waals surface area (Å²) in [5.74, 6) is -0.392. The number of carbonyl (C=O) groups is 2. The summed E-state index contributed by atoms with van der Waals surface area (Å²) in [5, 5.41) is 2.84. The van der Waals surface area contributed by atoms with E-state index in [1.54, 1.807) is 6.92 Å². The number of nitrogens with one attached hydrogen (secondary N) is 1. The first-order valence-electron chi connectivity index (χ1n) is 9.41. The lowest BCUT2D eigenvalue weighted by molar-refractivity contribution is -0.124. The van der Waals surface area contributed by atoms with E-state index in [0.29, 0.717) is 11.7 Å². The molecule has 0 aliphatic heterocycles. The maximum atomic E-state index is 12.3. The fourth-order valence-corrected chi connectivity index (χ4v) is 2.89. The largest absolute Gasteiger partial charge is 0.451 e. The van der Waals surface area contributed by atoms with E-state index in [0.717, 1.165) is 16.7 Å². The number of amides is 1. The number of hydrogen-bond donors (Lipinski definition) is 1. The molecule has 1 amide bonds. The summed E-state index contributed by atoms with van der Waals surface area (Å²) < 4.78 is 10.7. The summed E-state index contributed by atoms with van der Waals surface area (Å²) in [4.78, 5) is 28.7. The molecule has 0 fully saturated rings. The maximum absolute atomic E-state index is 12.3. The normalized spacial score (nSPS) is 11.7. The van der Waals surface area contributed by atoms with Gasteiger partial charge in [-0.2, -0.15) is 0 Å². The summed E-state index contributed by atoms with van der Waals surface area (Å²) in [7, 11) is 0. The second-order valence-electron chi connectivity index (χ2n) is 7.00. The Morgan fingerprint density at radius 2 is 1.79 bits per heavy atom. The van der Waals surface area contributed by atoms with E-state index in [2.05, 4.69) is 10.3 Å². The first kappa shape index (κ1) is 20.3. The van der Waals surface area contributed by atoms with Crippen molar-refractivity contribution in [1.82, 2.24) is 10.3 Å². The Bertz CT molecular complexity index is 1020. The fourth-order valence-electron chi connectivity index (χ4n) is 2.89. The monoisotopic (exact) mass is 392 g/mol. The molecule has 150 valence electrons. The van der Waals surface area contributed by atoms with E-state index in [1.807, 2.05) is 69.3 Å². The fraction of sp³-hybridized carbons (Fsp3) is 0.261. The Labute approximate surface area is 169 Å². The van der Waals surface area contributed by atoms with Crippen LogP contribution < -0.4 is 5.32 Å². The van der Waals surface area contributed by atoms with Gasteiger partial charge >= 0.3 is 5.97 Å². The molecule has 1 atom stereocenters. The minimum atomic E-state index is -0.692. The predicted octanol–water partition coefficient (Wildman–Crippen LogP) is 4.30. The number of aryl methyl sites for hydroxylation is 3. The van der Waals surface area contributed by atoms with Gasteiger partial charge in [0.15, 0.2) is 12.3 Å². The summed E-state index contributed by atoms with van der Waals surface area (Å²) in [5.41, 5.74) is 4.17. The molecule has 2 aromatic carbocycles. The summed E-state index contributed by atoms with van der Waals surface area (Å²) in [6, 6.07) is 15.1. The minimum Gasteiger partial charge on any atom is -0.451 e. The zero-order chi connectivity index (χ0) is 21.0. The highest BCUT2D eigenvalue weighted by Gasteiger charge is 2.21. The minimum absolute atomic E-state index is 0.0684. The Morgan fingerprint density at radius 1 is 1.07 bits per heavy atom. The van der Waals surface area contributed by atoms with Crippen molar-refractivity contribution in [3.05, 3.63) is 76.7 Å². The standard InChI is InChI=1S/C23H24N2O4/c1-14-10-11-19(12-15(14)2)16(3)24-20(26)13-28-23(27)21-17(4)29-22(25-21)18-8-6-5-7-9-18/h5-12,16H,13H2,1-4H3,(H,24,26)/t16-/m0/s1. The van der Waals surface area contributed by atoms with Crippen molar-refractivity contribution in [1.29, 1.82) is 0 Å². The van der Waals surface area contributed by atoms with Crippen LogP contribution in [0, 0.1) is 20.8 Å². The van der Waals surface area contributed by atoms with Crippen LogP contribution in [0.25, 0.3) is 11.5 Å². The average molecular weight is 392 g/mol. The van der Waals surface area contributed by atoms with Crippen molar-refractivity contribution in [3.8, 4) is 11.5 Å². The second-order valence-corrected chi connectivity index (χ2v) is 7.00. The molecule has 1 heterocycles. The van der Waals surface area contributed by atoms with Crippen molar-refractivity contribution in [2.24, 2.45) is 0 Å². The number of benzene rings is 2. The highest BCUT2D eigenvalue weighted by molar-refractivity contribution is 5.91. The SMILES string of the molecule is Cc1ccc([C@H](C)NC(=O)COC(=O)c2nc(-c3ccccc3)oc2C)cc1C. The number of rotatable bonds is 6. The van der Waals surface area contributed by atoms with Gasteiger partial charge in [0.05, 0.1) is 6.04 Å². The van der Waals surface area contributed by atoms with Gasteiger partial charge in [-0.1, -0.05) is 36.4 Å². The van der Waals surface area contributed by atoms with Crippen LogP contribution >= 0.6 is 0 Å². The molecule has 1 aromatic heterocycles. The molecule has 29 heavy (non-hydrogen) atoms. The summed E-state index contributed by atoms with van der Waals surface area (Å²) in [6.45, 7) is 7.20. The van der Waals surface area contributed by atoms with Gasteiger partial charge in [0.25, 0.3) is 5.91 Å². The molecule has 1 N–H and O–H groups in total. The lowest BCUT2D eigenvalue weighted by Gasteiger charge is -2.15. The number of oxazole rings is 1. The van der Waals surface area contributed by atoms with E-state index in [4.69, 9.17) is 9.15 Å². The van der Waals surface area contributed by atoms with E-state index in [1.165, 1.54) is 5.56 Å². The van der Waals surface area contributed by atoms with Gasteiger partial charge in [0.1, 0.15) is 5.76 Å². The third kappa shape index (κ3) is 4.90. The molecule has 0 aliphatic rings. The number of ether oxygens (including phenoxy) is 1. The van der Waals surface area contributed by atoms with Gasteiger partial charge in [0.2, 0.25) is 5.89 Å². The highest BCUT2D eigenvalue weighted by atomic mass is 16.5. The van der Waals surface area contributed by atoms with Crippen molar-refractivity contribution in [3.63, 3.8) is 0 Å². The number of carbonyl (C=O) groups excluding carboxylic acids is 2. The maximum Gasteiger partial charge on any atom is 0.361 e. The zero-order valence-corrected chi connectivity index (χ0v) is 17.0. The van der Waals surface area contributed by atoms with Gasteiger partial charge in [0, 0.05) is 5.56 Å². The van der Waals surface area contributed by atoms with Crippen LogP contribution in [0.15, 0.2) is 52.9 Å². The third-order valence-corrected chi connectivity index (χ3v) is 4.75. The molecule has 0 radical (unpaired) electrons. The van der Waals surface area contributed by atoms with Crippen molar-refractivity contribution in [2.75, 3.05) is 6.61 Å². The molecule has 6 nitrogen and oxygen atoms in total. The Kier molecular flexibility index (Phi) is 6.12. The summed E-state index contributed by atoms with van der Waals surface area (Å²) >= 11 is 0. The Morgan fingerprint density at radius 3 is 2.48 bits per heavy atom. The van der Waals surface area contributed by atoms with Gasteiger partial charge < -0.3 is 14.5 Å². The van der Waals surface area contributed by atoms with Crippen LogP contribution in [-0.2, 0) is 9.53 Å². The average Bonchev–Trinajstić information content (AvgIpc) is 3.10. The van der Waals surface area contributed by atoms with Gasteiger partial charge in [-0.15, -0.1) is 0 Å². The van der Waals surface area contributed by atoms with Crippen molar-refractivity contribution >= 4 is 11.9 Å². The zero-order valence-electron chi connectivity index (χ0n) is 17.0. The predicted molar refractivity (Wildman–Crippen MR) is 109 cm³/mol. The van der Waals surface area contributed by atoms with Crippen LogP contribution in [0.3, 0.4) is 0 Å². The summed E-state index contributed by atoms with van der Waals surface area (Å²) in [6.07, 6.45) is 0. The third-order valence-electron chi connectivity index (χ3n) is 4.75. The van der Waals surface area contributed by atoms with Gasteiger partial charge in [-0.3, -0.25) is 4.79 Å². The first-order chi connectivity index (χ1) is 13.8. The number of aromatic nitrogens is 1. The molecular formula is C23H24N2O4. The van der Waals surface area contributed by atoms with Gasteiger partial charge in [-0.05, 0) is 56.5 Å². The first-order valence-corrected chi connectivity index (χ1v) is 9.41. The molecule has 0 unspecified atom stereocenters. The quantitative estimate of drug-likeness (QED) is 0.633. The van der Waals surface area contributed by atoms with E-state index >= 15 is 0 Å². The molecule has 0 spiro atoms. The van der Waals surface area contributed by atoms with Gasteiger partial charge in [-0.25, -0.2) is 9.78 Å². The molecule has 0 saturated carbocycles. The number of hydrogen-bond acceptors (Lipinski definition) is 5. The Balaban J connectivity index is 1.58. The number of nitrogens with zero attached hydrogens (tertiary/aromatic N) is 1. The molecule has 0 saturated heterocycles. The van der Waals surface area contributed by atoms with Crippen molar-refractivity contribution < 1.29 is 18.7 Å². The van der Waals surface area contributed by atoms with Crippen LogP contribution in [0.2, 0.25) is 0 Å². The second kappa shape index (κ2) is 8.73. The van der Waals surface area contributed by atoms with E-state index < -0.39 is 5.97 Å². The van der Waals surface area contributed by atoms with Crippen molar-refractivity contribution in [2.45, 2.75) is 33.7 Å².